The summed E-state index contributed by atoms with van der Waals surface area (Å²) in [5.41, 5.74) is 5.65. The lowest BCUT2D eigenvalue weighted by atomic mass is 10.2. The van der Waals surface area contributed by atoms with Crippen molar-refractivity contribution in [3.63, 3.8) is 0 Å². The number of fused-ring (bicyclic) bond motifs is 4. The molecule has 0 bridgehead atoms. The maximum absolute atomic E-state index is 12.8. The first kappa shape index (κ1) is 67.1. The largest absolute Gasteiger partial charge is 0.481 e. The predicted molar refractivity (Wildman–Crippen MR) is 341 cm³/mol. The Bertz CT molecular complexity index is 4320. The lowest BCUT2D eigenvalue weighted by Gasteiger charge is -2.07. The number of benzene rings is 3. The molecule has 0 spiro atoms. The van der Waals surface area contributed by atoms with Crippen molar-refractivity contribution < 1.29 is 15.0 Å². The number of carboxylic acid groups (broad SMARTS) is 1. The van der Waals surface area contributed by atoms with Crippen LogP contribution in [-0.4, -0.2) is 107 Å². The van der Waals surface area contributed by atoms with Crippen LogP contribution in [0.2, 0.25) is 30.1 Å². The van der Waals surface area contributed by atoms with Gasteiger partial charge in [-0.15, -0.1) is 0 Å². The van der Waals surface area contributed by atoms with Crippen LogP contribution in [0.3, 0.4) is 0 Å². The molecule has 11 aromatic rings. The van der Waals surface area contributed by atoms with Crippen molar-refractivity contribution in [3.05, 3.63) is 182 Å². The predicted octanol–water partition coefficient (Wildman–Crippen LogP) is 10.3. The first-order chi connectivity index (χ1) is 39.8. The van der Waals surface area contributed by atoms with Gasteiger partial charge in [0.05, 0.1) is 55.9 Å². The highest BCUT2D eigenvalue weighted by atomic mass is 79.9. The summed E-state index contributed by atoms with van der Waals surface area (Å²) in [5, 5.41) is 23.2. The van der Waals surface area contributed by atoms with Crippen molar-refractivity contribution in [2.75, 3.05) is 18.5 Å². The number of nitrogens with one attached hydrogen (secondary N) is 3. The summed E-state index contributed by atoms with van der Waals surface area (Å²) >= 11 is 48.3. The number of halogens is 10. The topological polar surface area (TPSA) is 302 Å². The maximum Gasteiger partial charge on any atom is 0.300 e. The summed E-state index contributed by atoms with van der Waals surface area (Å²) in [5.74, 6) is -0.291. The average molecular weight is 1530 g/mol. The Hall–Kier alpha value is -6.05. The first-order valence-electron chi connectivity index (χ1n) is 23.9. The van der Waals surface area contributed by atoms with E-state index in [2.05, 4.69) is 119 Å². The molecule has 0 aliphatic rings. The third-order valence-corrected chi connectivity index (χ3v) is 16.3. The summed E-state index contributed by atoms with van der Waals surface area (Å²) in [6.45, 7) is 2.43. The second-order valence-electron chi connectivity index (χ2n) is 17.2. The van der Waals surface area contributed by atoms with Crippen LogP contribution in [0.1, 0.15) is 30.0 Å². The summed E-state index contributed by atoms with van der Waals surface area (Å²) in [4.78, 5) is 94.5. The van der Waals surface area contributed by atoms with E-state index in [0.29, 0.717) is 121 Å². The number of nitrogens with zero attached hydrogens (tertiary/aromatic N) is 14. The molecule has 84 heavy (non-hydrogen) atoms. The van der Waals surface area contributed by atoms with Crippen LogP contribution in [0, 0.1) is 0 Å². The molecular formula is C50H45Br4Cl6N17O7. The standard InChI is InChI=1S/C16H17Cl2N5O2.C13H9BrCl2N4O.C7H5BrCl2.2C6H5BrN4O.C2H4O2/c1-22-13-14(21-16(22)19-5-2-6-24)20-9-23(15(13)25)8-10-3-4-11(17)12(18)7-10;1-19-10-11(18-13(19)14)17-6-20(12(10)21)5-7-2-3-8(15)9(16)4-7;8-4-5-1-2-6(9)7(10)3-5;2*1-11-3-4(10-6(11)7)8-2-9-5(3)12;1-2(3)4/h3-4,7,9,24H,2,5-6,8H2,1H3,(H,19,21);2-4,6H,5H2,1H3;1-3H,4H2;2*2H,1H3,(H,8,9,12);1H3,(H,3,4). The fourth-order valence-corrected chi connectivity index (χ4v) is 9.57. The zero-order valence-corrected chi connectivity index (χ0v) is 55.1. The van der Waals surface area contributed by atoms with E-state index in [9.17, 15) is 19.2 Å². The maximum atomic E-state index is 12.8. The monoisotopic (exact) mass is 1520 g/mol. The van der Waals surface area contributed by atoms with Crippen LogP contribution in [0.25, 0.3) is 44.7 Å². The van der Waals surface area contributed by atoms with Crippen molar-refractivity contribution in [1.82, 2.24) is 77.2 Å². The van der Waals surface area contributed by atoms with Crippen LogP contribution in [0.4, 0.5) is 5.95 Å². The van der Waals surface area contributed by atoms with Crippen molar-refractivity contribution in [2.45, 2.75) is 31.8 Å². The normalized spacial score (nSPS) is 10.7. The van der Waals surface area contributed by atoms with Crippen LogP contribution < -0.4 is 27.6 Å². The van der Waals surface area contributed by atoms with Gasteiger partial charge in [-0.2, -0.15) is 4.98 Å². The molecule has 3 aromatic carbocycles. The van der Waals surface area contributed by atoms with E-state index in [1.54, 1.807) is 76.8 Å². The van der Waals surface area contributed by atoms with E-state index < -0.39 is 5.97 Å². The molecule has 0 atom stereocenters. The van der Waals surface area contributed by atoms with Gasteiger partial charge in [-0.25, -0.2) is 34.9 Å². The smallest absolute Gasteiger partial charge is 0.300 e. The minimum absolute atomic E-state index is 0.0889. The van der Waals surface area contributed by atoms with Crippen molar-refractivity contribution in [1.29, 1.82) is 0 Å². The van der Waals surface area contributed by atoms with E-state index >= 15 is 0 Å². The summed E-state index contributed by atoms with van der Waals surface area (Å²) in [6.07, 6.45) is 6.22. The summed E-state index contributed by atoms with van der Waals surface area (Å²) in [7, 11) is 7.00. The van der Waals surface area contributed by atoms with E-state index in [1.807, 2.05) is 24.3 Å². The molecule has 8 heterocycles. The number of aliphatic hydroxyl groups excluding tert-OH is 1. The van der Waals surface area contributed by atoms with Crippen LogP contribution in [0.5, 0.6) is 0 Å². The molecule has 0 fully saturated rings. The molecule has 34 heteroatoms. The third-order valence-electron chi connectivity index (χ3n) is 11.3. The number of aromatic nitrogens is 16. The molecule has 0 saturated carbocycles. The quantitative estimate of drug-likeness (QED) is 0.0510. The van der Waals surface area contributed by atoms with Gasteiger partial charge in [0.15, 0.2) is 58.9 Å². The Kier molecular flexibility index (Phi) is 24.6. The number of hydrogen-bond acceptors (Lipinski definition) is 15. The minimum Gasteiger partial charge on any atom is -0.481 e. The van der Waals surface area contributed by atoms with Gasteiger partial charge in [-0.3, -0.25) is 33.1 Å². The van der Waals surface area contributed by atoms with E-state index in [1.165, 1.54) is 34.4 Å². The summed E-state index contributed by atoms with van der Waals surface area (Å²) in [6, 6.07) is 16.1. The molecule has 0 amide bonds. The Morgan fingerprint density at radius 1 is 0.548 bits per heavy atom. The summed E-state index contributed by atoms with van der Waals surface area (Å²) < 4.78 is 11.4. The number of carboxylic acids is 1. The van der Waals surface area contributed by atoms with Gasteiger partial charge in [0.25, 0.3) is 28.2 Å². The van der Waals surface area contributed by atoms with E-state index in [-0.39, 0.29) is 28.8 Å². The number of H-pyrrole nitrogens is 2. The fourth-order valence-electron chi connectivity index (χ4n) is 7.22. The Balaban J connectivity index is 0.000000172. The van der Waals surface area contributed by atoms with Gasteiger partial charge in [-0.05, 0) is 107 Å². The number of rotatable bonds is 9. The molecular weight excluding hydrogens is 1480 g/mol. The van der Waals surface area contributed by atoms with Gasteiger partial charge in [0.1, 0.15) is 12.7 Å². The van der Waals surface area contributed by atoms with E-state index in [4.69, 9.17) is 84.6 Å². The number of aliphatic hydroxyl groups is 1. The zero-order valence-electron chi connectivity index (χ0n) is 44.2. The van der Waals surface area contributed by atoms with Gasteiger partial charge in [-0.1, -0.05) is 104 Å². The zero-order chi connectivity index (χ0) is 61.7. The molecule has 5 N–H and O–H groups in total. The SMILES string of the molecule is CC(=O)O.Clc1ccc(CBr)cc1Cl.Cn1c(Br)nc2nc[nH]c(=O)c21.Cn1c(Br)nc2nc[nH]c(=O)c21.Cn1c(Br)nc2ncn(Cc3ccc(Cl)c(Cl)c3)c(=O)c21.Cn1c(NCCCO)nc2ncn(Cc3ccc(Cl)c(Cl)c3)c(=O)c21. The number of aryl methyl sites for hydroxylation is 4. The number of anilines is 1. The number of carbonyl (C=O) groups is 1. The third kappa shape index (κ3) is 17.1. The number of hydrogen-bond donors (Lipinski definition) is 5. The highest BCUT2D eigenvalue weighted by molar-refractivity contribution is 9.11. The highest BCUT2D eigenvalue weighted by Gasteiger charge is 2.16. The number of aliphatic carboxylic acids is 1. The molecule has 8 aromatic heterocycles. The average Bonchev–Trinajstić information content (AvgIpc) is 3.39. The van der Waals surface area contributed by atoms with Crippen molar-refractivity contribution in [2.24, 2.45) is 28.2 Å². The molecule has 0 aliphatic carbocycles. The van der Waals surface area contributed by atoms with Crippen molar-refractivity contribution >= 4 is 190 Å². The molecule has 0 saturated heterocycles. The first-order valence-corrected chi connectivity index (χ1v) is 29.6. The van der Waals surface area contributed by atoms with Crippen LogP contribution in [0.15, 0.2) is 113 Å². The fraction of sp³-hybridized carbons (Fsp3) is 0.220. The molecule has 11 rings (SSSR count). The van der Waals surface area contributed by atoms with Crippen LogP contribution >= 0.6 is 133 Å². The Morgan fingerprint density at radius 2 is 0.905 bits per heavy atom. The van der Waals surface area contributed by atoms with Crippen LogP contribution in [-0.2, 0) is 51.4 Å². The van der Waals surface area contributed by atoms with Gasteiger partial charge < -0.3 is 43.8 Å². The van der Waals surface area contributed by atoms with Crippen molar-refractivity contribution in [3.8, 4) is 0 Å². The second kappa shape index (κ2) is 30.9. The van der Waals surface area contributed by atoms with Gasteiger partial charge in [0, 0.05) is 53.6 Å². The molecule has 0 unspecified atom stereocenters. The molecule has 24 nitrogen and oxygen atoms in total. The van der Waals surface area contributed by atoms with E-state index in [0.717, 1.165) is 28.9 Å². The minimum atomic E-state index is -0.833. The van der Waals surface area contributed by atoms with Gasteiger partial charge >= 0.3 is 0 Å². The Labute approximate surface area is 538 Å². The number of aromatic amines is 2. The molecule has 0 aliphatic heterocycles. The number of imidazole rings is 4. The number of alkyl halides is 1. The Morgan fingerprint density at radius 3 is 1.29 bits per heavy atom. The highest BCUT2D eigenvalue weighted by Crippen LogP contribution is 2.26. The second-order valence-corrected chi connectivity index (χ2v) is 22.4. The lowest BCUT2D eigenvalue weighted by Crippen LogP contribution is -2.22. The van der Waals surface area contributed by atoms with Gasteiger partial charge in [0.2, 0.25) is 5.95 Å². The lowest BCUT2D eigenvalue weighted by molar-refractivity contribution is -0.134. The molecule has 442 valence electrons. The molecule has 0 radical (unpaired) electrons.